The Labute approximate surface area is 320 Å². The molecule has 0 aliphatic carbocycles. The van der Waals surface area contributed by atoms with Gasteiger partial charge < -0.3 is 8.83 Å². The molecule has 0 atom stereocenters. The molecule has 9 aromatic carbocycles. The normalized spacial score (nSPS) is 11.9. The van der Waals surface area contributed by atoms with Gasteiger partial charge in [-0.2, -0.15) is 0 Å². The van der Waals surface area contributed by atoms with Gasteiger partial charge in [-0.05, 0) is 85.9 Å². The predicted octanol–water partition coefficient (Wildman–Crippen LogP) is 13.8. The van der Waals surface area contributed by atoms with E-state index >= 15 is 0 Å². The third kappa shape index (κ3) is 4.78. The number of hydrogen-bond donors (Lipinski definition) is 0. The number of hydrogen-bond acceptors (Lipinski definition) is 5. The summed E-state index contributed by atoms with van der Waals surface area (Å²) < 4.78 is 13.0. The average Bonchev–Trinajstić information content (AvgIpc) is 3.83. The summed E-state index contributed by atoms with van der Waals surface area (Å²) in [5.41, 5.74) is 8.20. The second-order valence-corrected chi connectivity index (χ2v) is 14.4. The van der Waals surface area contributed by atoms with Crippen LogP contribution in [0, 0.1) is 0 Å². The summed E-state index contributed by atoms with van der Waals surface area (Å²) >= 11 is 0. The molecule has 3 heterocycles. The first kappa shape index (κ1) is 30.8. The van der Waals surface area contributed by atoms with Crippen molar-refractivity contribution < 1.29 is 8.83 Å². The fraction of sp³-hybridized carbons (Fsp3) is 0. The highest BCUT2D eigenvalue weighted by Gasteiger charge is 2.20. The van der Waals surface area contributed by atoms with E-state index in [2.05, 4.69) is 127 Å². The molecule has 0 bridgehead atoms. The maximum atomic E-state index is 6.53. The van der Waals surface area contributed by atoms with Crippen LogP contribution in [0.3, 0.4) is 0 Å². The Bertz CT molecular complexity index is 3550. The summed E-state index contributed by atoms with van der Waals surface area (Å²) in [5, 5.41) is 11.2. The number of benzene rings is 9. The highest BCUT2D eigenvalue weighted by Crippen LogP contribution is 2.42. The van der Waals surface area contributed by atoms with Crippen molar-refractivity contribution in [3.8, 4) is 45.3 Å². The maximum absolute atomic E-state index is 6.53. The average molecular weight is 716 g/mol. The minimum absolute atomic E-state index is 0.584. The Morgan fingerprint density at radius 1 is 0.286 bits per heavy atom. The van der Waals surface area contributed by atoms with Gasteiger partial charge in [0, 0.05) is 38.2 Å². The second-order valence-electron chi connectivity index (χ2n) is 14.4. The third-order valence-corrected chi connectivity index (χ3v) is 11.1. The Morgan fingerprint density at radius 2 is 0.857 bits per heavy atom. The summed E-state index contributed by atoms with van der Waals surface area (Å²) in [6, 6.07) is 61.0. The summed E-state index contributed by atoms with van der Waals surface area (Å²) in [4.78, 5) is 15.4. The fourth-order valence-electron chi connectivity index (χ4n) is 8.42. The predicted molar refractivity (Wildman–Crippen MR) is 229 cm³/mol. The van der Waals surface area contributed by atoms with Gasteiger partial charge in [0.1, 0.15) is 22.3 Å². The van der Waals surface area contributed by atoms with Crippen LogP contribution < -0.4 is 0 Å². The minimum atomic E-state index is 0.584. The lowest BCUT2D eigenvalue weighted by Crippen LogP contribution is -2.00. The van der Waals surface area contributed by atoms with Crippen molar-refractivity contribution in [3.05, 3.63) is 176 Å². The Kier molecular flexibility index (Phi) is 6.56. The number of aromatic nitrogens is 3. The van der Waals surface area contributed by atoms with Gasteiger partial charge in [0.05, 0.1) is 0 Å². The van der Waals surface area contributed by atoms with E-state index in [9.17, 15) is 0 Å². The molecule has 56 heavy (non-hydrogen) atoms. The topological polar surface area (TPSA) is 65.0 Å². The minimum Gasteiger partial charge on any atom is -0.456 e. The molecule has 260 valence electrons. The van der Waals surface area contributed by atoms with E-state index in [4.69, 9.17) is 23.8 Å². The van der Waals surface area contributed by atoms with Gasteiger partial charge in [0.25, 0.3) is 0 Å². The van der Waals surface area contributed by atoms with E-state index in [1.54, 1.807) is 0 Å². The van der Waals surface area contributed by atoms with E-state index in [1.165, 1.54) is 21.5 Å². The largest absolute Gasteiger partial charge is 0.456 e. The van der Waals surface area contributed by atoms with Gasteiger partial charge in [0.2, 0.25) is 0 Å². The first-order chi connectivity index (χ1) is 27.7. The van der Waals surface area contributed by atoms with Crippen LogP contribution in [0.25, 0.3) is 121 Å². The molecule has 0 spiro atoms. The molecule has 0 unspecified atom stereocenters. The zero-order valence-electron chi connectivity index (χ0n) is 29.9. The molecule has 0 radical (unpaired) electrons. The van der Waals surface area contributed by atoms with E-state index in [0.29, 0.717) is 17.5 Å². The summed E-state index contributed by atoms with van der Waals surface area (Å²) in [6.07, 6.45) is 0. The van der Waals surface area contributed by atoms with Crippen molar-refractivity contribution in [1.82, 2.24) is 15.0 Å². The number of nitrogens with zero attached hydrogens (tertiary/aromatic N) is 3. The van der Waals surface area contributed by atoms with Gasteiger partial charge in [-0.15, -0.1) is 0 Å². The molecule has 5 nitrogen and oxygen atoms in total. The van der Waals surface area contributed by atoms with Crippen molar-refractivity contribution in [3.63, 3.8) is 0 Å². The molecular weight excluding hydrogens is 687 g/mol. The van der Waals surface area contributed by atoms with Crippen molar-refractivity contribution in [1.29, 1.82) is 0 Å². The Balaban J connectivity index is 1.07. The number of furan rings is 2. The van der Waals surface area contributed by atoms with Crippen LogP contribution in [-0.4, -0.2) is 15.0 Å². The standard InChI is InChI=1S/C51H29N3O2/c1-2-11-32(12-3-1)49-52-50(36-23-22-31-21-20-30-10-6-7-15-37(30)40(31)28-36)54-51(53-49)39-17-9-19-45-48(39)41-27-35(24-25-43(41)55-45)38-16-8-18-44-47(38)42-26-33-13-4-5-14-34(33)29-46(42)56-44/h1-29H. The van der Waals surface area contributed by atoms with E-state index in [-0.39, 0.29) is 0 Å². The second kappa shape index (κ2) is 11.9. The molecule has 0 aliphatic heterocycles. The SMILES string of the molecule is c1ccc(-c2nc(-c3ccc4ccc5ccccc5c4c3)nc(-c3cccc4oc5ccc(-c6cccc7oc8cc9ccccc9cc8c67)cc5c34)n2)cc1. The van der Waals surface area contributed by atoms with Gasteiger partial charge in [-0.1, -0.05) is 133 Å². The lowest BCUT2D eigenvalue weighted by Gasteiger charge is -2.11. The molecule has 0 amide bonds. The number of fused-ring (bicyclic) bond motifs is 10. The maximum Gasteiger partial charge on any atom is 0.164 e. The van der Waals surface area contributed by atoms with Gasteiger partial charge >= 0.3 is 0 Å². The molecule has 12 rings (SSSR count). The van der Waals surface area contributed by atoms with E-state index < -0.39 is 0 Å². The first-order valence-corrected chi connectivity index (χ1v) is 18.8. The van der Waals surface area contributed by atoms with Crippen LogP contribution in [0.15, 0.2) is 185 Å². The third-order valence-electron chi connectivity index (χ3n) is 11.1. The monoisotopic (exact) mass is 715 g/mol. The van der Waals surface area contributed by atoms with Crippen LogP contribution in [0.5, 0.6) is 0 Å². The van der Waals surface area contributed by atoms with Gasteiger partial charge in [-0.3, -0.25) is 0 Å². The molecule has 0 saturated heterocycles. The zero-order valence-corrected chi connectivity index (χ0v) is 29.9. The Morgan fingerprint density at radius 3 is 1.68 bits per heavy atom. The van der Waals surface area contributed by atoms with Gasteiger partial charge in [-0.25, -0.2) is 15.0 Å². The lowest BCUT2D eigenvalue weighted by atomic mass is 9.96. The van der Waals surface area contributed by atoms with Crippen molar-refractivity contribution in [2.24, 2.45) is 0 Å². The van der Waals surface area contributed by atoms with Crippen molar-refractivity contribution in [2.75, 3.05) is 0 Å². The first-order valence-electron chi connectivity index (χ1n) is 18.8. The van der Waals surface area contributed by atoms with Crippen LogP contribution in [0.4, 0.5) is 0 Å². The van der Waals surface area contributed by atoms with Crippen LogP contribution >= 0.6 is 0 Å². The molecule has 3 aromatic heterocycles. The zero-order chi connectivity index (χ0) is 36.7. The van der Waals surface area contributed by atoms with Crippen LogP contribution in [0.1, 0.15) is 0 Å². The molecule has 12 aromatic rings. The molecular formula is C51H29N3O2. The molecule has 0 saturated carbocycles. The lowest BCUT2D eigenvalue weighted by molar-refractivity contribution is 0.669. The van der Waals surface area contributed by atoms with Crippen molar-refractivity contribution in [2.45, 2.75) is 0 Å². The van der Waals surface area contributed by atoms with Gasteiger partial charge in [0.15, 0.2) is 17.5 Å². The quantitative estimate of drug-likeness (QED) is 0.170. The summed E-state index contributed by atoms with van der Waals surface area (Å²) in [6.45, 7) is 0. The highest BCUT2D eigenvalue weighted by atomic mass is 16.3. The smallest absolute Gasteiger partial charge is 0.164 e. The van der Waals surface area contributed by atoms with E-state index in [0.717, 1.165) is 82.5 Å². The molecule has 0 N–H and O–H groups in total. The molecule has 5 heteroatoms. The Hall–Kier alpha value is -7.63. The summed E-state index contributed by atoms with van der Waals surface area (Å²) in [5.74, 6) is 1.81. The van der Waals surface area contributed by atoms with Crippen molar-refractivity contribution >= 4 is 76.2 Å². The molecule has 0 aliphatic rings. The van der Waals surface area contributed by atoms with E-state index in [1.807, 2.05) is 48.5 Å². The summed E-state index contributed by atoms with van der Waals surface area (Å²) in [7, 11) is 0. The number of rotatable bonds is 4. The highest BCUT2D eigenvalue weighted by molar-refractivity contribution is 6.18. The van der Waals surface area contributed by atoms with Crippen LogP contribution in [0.2, 0.25) is 0 Å². The fourth-order valence-corrected chi connectivity index (χ4v) is 8.42. The molecule has 0 fully saturated rings. The van der Waals surface area contributed by atoms with Crippen LogP contribution in [-0.2, 0) is 0 Å².